The van der Waals surface area contributed by atoms with Crippen molar-refractivity contribution in [1.29, 1.82) is 0 Å². The number of furan rings is 1. The molecule has 1 heterocycles. The van der Waals surface area contributed by atoms with Crippen molar-refractivity contribution in [1.82, 2.24) is 5.32 Å². The van der Waals surface area contributed by atoms with Crippen molar-refractivity contribution in [3.8, 4) is 0 Å². The molecule has 1 atom stereocenters. The fraction of sp³-hybridized carbons (Fsp3) is 0.385. The summed E-state index contributed by atoms with van der Waals surface area (Å²) >= 11 is 0. The van der Waals surface area contributed by atoms with Crippen molar-refractivity contribution in [2.24, 2.45) is 0 Å². The number of nitrogens with one attached hydrogen (secondary N) is 1. The highest BCUT2D eigenvalue weighted by Gasteiger charge is 2.31. The minimum atomic E-state index is -1.75. The van der Waals surface area contributed by atoms with Crippen molar-refractivity contribution < 1.29 is 13.9 Å². The summed E-state index contributed by atoms with van der Waals surface area (Å²) in [6.45, 7) is 2.13. The Kier molecular flexibility index (Phi) is 3.45. The number of benzene rings is 1. The highest BCUT2D eigenvalue weighted by molar-refractivity contribution is 5.78. The molecule has 0 aliphatic heterocycles. The van der Waals surface area contributed by atoms with E-state index in [4.69, 9.17) is 4.42 Å². The first-order valence-corrected chi connectivity index (χ1v) is 5.68. The molecule has 1 aromatic carbocycles. The Morgan fingerprint density at radius 3 is 2.94 bits per heavy atom. The van der Waals surface area contributed by atoms with Crippen LogP contribution in [0.15, 0.2) is 34.9 Å². The number of hydrogen-bond donors (Lipinski definition) is 2. The minimum absolute atomic E-state index is 0.101. The van der Waals surface area contributed by atoms with Crippen molar-refractivity contribution in [3.05, 3.63) is 36.1 Å². The predicted molar refractivity (Wildman–Crippen MR) is 64.6 cm³/mol. The summed E-state index contributed by atoms with van der Waals surface area (Å²) in [5.74, 6) is 0. The van der Waals surface area contributed by atoms with Crippen LogP contribution in [-0.2, 0) is 5.67 Å². The molecule has 0 spiro atoms. The molecule has 0 amide bonds. The first-order valence-electron chi connectivity index (χ1n) is 5.68. The molecule has 92 valence electrons. The van der Waals surface area contributed by atoms with E-state index in [0.29, 0.717) is 12.1 Å². The fourth-order valence-electron chi connectivity index (χ4n) is 1.82. The Morgan fingerprint density at radius 1 is 1.41 bits per heavy atom. The number of rotatable bonds is 5. The van der Waals surface area contributed by atoms with Crippen molar-refractivity contribution >= 4 is 11.0 Å². The van der Waals surface area contributed by atoms with E-state index in [-0.39, 0.29) is 6.54 Å². The molecule has 0 aliphatic carbocycles. The maximum atomic E-state index is 14.5. The van der Waals surface area contributed by atoms with Crippen LogP contribution >= 0.6 is 0 Å². The molecule has 2 aromatic rings. The van der Waals surface area contributed by atoms with Gasteiger partial charge in [0.2, 0.25) is 0 Å². The van der Waals surface area contributed by atoms with Gasteiger partial charge in [-0.25, -0.2) is 4.39 Å². The molecule has 2 rings (SSSR count). The molecule has 0 saturated heterocycles. The lowest BCUT2D eigenvalue weighted by Crippen LogP contribution is -2.37. The zero-order valence-electron chi connectivity index (χ0n) is 9.74. The lowest BCUT2D eigenvalue weighted by molar-refractivity contribution is 0.0688. The molecular weight excluding hydrogens is 221 g/mol. The topological polar surface area (TPSA) is 45.4 Å². The average Bonchev–Trinajstić information content (AvgIpc) is 2.83. The first kappa shape index (κ1) is 12.1. The third-order valence-corrected chi connectivity index (χ3v) is 2.88. The van der Waals surface area contributed by atoms with Crippen LogP contribution in [0.5, 0.6) is 0 Å². The van der Waals surface area contributed by atoms with Gasteiger partial charge in [0.05, 0.1) is 12.9 Å². The van der Waals surface area contributed by atoms with Gasteiger partial charge in [-0.15, -0.1) is 0 Å². The minimum Gasteiger partial charge on any atom is -0.464 e. The molecule has 1 unspecified atom stereocenters. The Hall–Kier alpha value is -1.39. The monoisotopic (exact) mass is 237 g/mol. The summed E-state index contributed by atoms with van der Waals surface area (Å²) < 4.78 is 19.7. The Morgan fingerprint density at radius 2 is 2.24 bits per heavy atom. The van der Waals surface area contributed by atoms with Crippen LogP contribution in [0.1, 0.15) is 12.5 Å². The maximum Gasteiger partial charge on any atom is 0.171 e. The SMILES string of the molecule is CCNCC(F)(CO)c1ccc2occc2c1. The normalized spacial score (nSPS) is 15.0. The number of aliphatic hydroxyl groups excluding tert-OH is 1. The number of hydrogen-bond acceptors (Lipinski definition) is 3. The lowest BCUT2D eigenvalue weighted by atomic mass is 9.95. The van der Waals surface area contributed by atoms with Gasteiger partial charge < -0.3 is 14.8 Å². The van der Waals surface area contributed by atoms with E-state index in [0.717, 1.165) is 11.0 Å². The molecule has 0 saturated carbocycles. The maximum absolute atomic E-state index is 14.5. The standard InChI is InChI=1S/C13H16FNO2/c1-2-15-8-13(14,9-16)11-3-4-12-10(7-11)5-6-17-12/h3-7,15-16H,2,8-9H2,1H3. The summed E-state index contributed by atoms with van der Waals surface area (Å²) in [5.41, 5.74) is -0.561. The zero-order valence-corrected chi connectivity index (χ0v) is 9.74. The molecule has 0 radical (unpaired) electrons. The summed E-state index contributed by atoms with van der Waals surface area (Å²) in [4.78, 5) is 0. The van der Waals surface area contributed by atoms with E-state index in [1.54, 1.807) is 30.5 Å². The predicted octanol–water partition coefficient (Wildman–Crippen LogP) is 2.20. The number of alkyl halides is 1. The summed E-state index contributed by atoms with van der Waals surface area (Å²) in [5, 5.41) is 13.0. The Balaban J connectivity index is 2.34. The second-order valence-electron chi connectivity index (χ2n) is 4.08. The number of likely N-dealkylation sites (N-methyl/N-ethyl adjacent to an activating group) is 1. The van der Waals surface area contributed by atoms with Crippen LogP contribution < -0.4 is 5.32 Å². The summed E-state index contributed by atoms with van der Waals surface area (Å²) in [6, 6.07) is 6.87. The second kappa shape index (κ2) is 4.85. The quantitative estimate of drug-likeness (QED) is 0.838. The van der Waals surface area contributed by atoms with E-state index < -0.39 is 12.3 Å². The third-order valence-electron chi connectivity index (χ3n) is 2.88. The van der Waals surface area contributed by atoms with Gasteiger partial charge in [0.15, 0.2) is 5.67 Å². The Labute approximate surface area is 99.2 Å². The van der Waals surface area contributed by atoms with Crippen molar-refractivity contribution in [2.45, 2.75) is 12.6 Å². The van der Waals surface area contributed by atoms with Crippen LogP contribution in [0, 0.1) is 0 Å². The molecule has 2 N–H and O–H groups in total. The molecular formula is C13H16FNO2. The number of aliphatic hydroxyl groups is 1. The summed E-state index contributed by atoms with van der Waals surface area (Å²) in [6.07, 6.45) is 1.57. The van der Waals surface area contributed by atoms with Crippen LogP contribution in [0.25, 0.3) is 11.0 Å². The zero-order chi connectivity index (χ0) is 12.3. The molecule has 0 fully saturated rings. The van der Waals surface area contributed by atoms with Gasteiger partial charge in [-0.05, 0) is 30.3 Å². The lowest BCUT2D eigenvalue weighted by Gasteiger charge is -2.23. The van der Waals surface area contributed by atoms with Gasteiger partial charge in [0.25, 0.3) is 0 Å². The van der Waals surface area contributed by atoms with Gasteiger partial charge >= 0.3 is 0 Å². The van der Waals surface area contributed by atoms with Crippen LogP contribution in [0.2, 0.25) is 0 Å². The Bertz CT molecular complexity index is 497. The fourth-order valence-corrected chi connectivity index (χ4v) is 1.82. The number of fused-ring (bicyclic) bond motifs is 1. The molecule has 3 nitrogen and oxygen atoms in total. The first-order chi connectivity index (χ1) is 8.19. The highest BCUT2D eigenvalue weighted by Crippen LogP contribution is 2.28. The molecule has 1 aromatic heterocycles. The van der Waals surface area contributed by atoms with E-state index in [1.165, 1.54) is 0 Å². The van der Waals surface area contributed by atoms with Gasteiger partial charge in [0.1, 0.15) is 5.58 Å². The van der Waals surface area contributed by atoms with E-state index >= 15 is 0 Å². The average molecular weight is 237 g/mol. The van der Waals surface area contributed by atoms with Crippen molar-refractivity contribution in [2.75, 3.05) is 19.7 Å². The van der Waals surface area contributed by atoms with Gasteiger partial charge in [-0.3, -0.25) is 0 Å². The molecule has 17 heavy (non-hydrogen) atoms. The molecule has 0 aliphatic rings. The summed E-state index contributed by atoms with van der Waals surface area (Å²) in [7, 11) is 0. The molecule has 0 bridgehead atoms. The third kappa shape index (κ3) is 2.33. The highest BCUT2D eigenvalue weighted by atomic mass is 19.1. The molecule has 4 heteroatoms. The van der Waals surface area contributed by atoms with Crippen LogP contribution in [-0.4, -0.2) is 24.8 Å². The van der Waals surface area contributed by atoms with Crippen LogP contribution in [0.4, 0.5) is 4.39 Å². The van der Waals surface area contributed by atoms with Gasteiger partial charge in [-0.1, -0.05) is 13.0 Å². The smallest absolute Gasteiger partial charge is 0.171 e. The largest absolute Gasteiger partial charge is 0.464 e. The second-order valence-corrected chi connectivity index (χ2v) is 4.08. The van der Waals surface area contributed by atoms with Crippen LogP contribution in [0.3, 0.4) is 0 Å². The number of halogens is 1. The van der Waals surface area contributed by atoms with Crippen molar-refractivity contribution in [3.63, 3.8) is 0 Å². The van der Waals surface area contributed by atoms with E-state index in [2.05, 4.69) is 5.32 Å². The van der Waals surface area contributed by atoms with Gasteiger partial charge in [-0.2, -0.15) is 0 Å². The van der Waals surface area contributed by atoms with E-state index in [1.807, 2.05) is 6.92 Å². The van der Waals surface area contributed by atoms with E-state index in [9.17, 15) is 9.50 Å². The van der Waals surface area contributed by atoms with Gasteiger partial charge in [0, 0.05) is 11.9 Å².